The largest absolute Gasteiger partial charge is 0.0776 e. The molecule has 4 radical (unpaired) electrons. The van der Waals surface area contributed by atoms with Gasteiger partial charge in [0, 0.05) is 67.1 Å². The number of rotatable bonds is 0. The summed E-state index contributed by atoms with van der Waals surface area (Å²) in [4.78, 5) is 0. The summed E-state index contributed by atoms with van der Waals surface area (Å²) in [5, 5.41) is 0. The molecule has 5 heavy (non-hydrogen) atoms. The molecule has 0 nitrogen and oxygen atoms in total. The fourth-order valence-electron chi connectivity index (χ4n) is 0. The molecule has 4 heteroatoms. The summed E-state index contributed by atoms with van der Waals surface area (Å²) in [6, 6.07) is 0. The van der Waals surface area contributed by atoms with Crippen LogP contribution in [0.5, 0.6) is 0 Å². The molecule has 0 bridgehead atoms. The molecule has 0 saturated carbocycles. The second kappa shape index (κ2) is 37.1. The van der Waals surface area contributed by atoms with Crippen LogP contribution in [-0.4, -0.2) is 0 Å². The van der Waals surface area contributed by atoms with Crippen molar-refractivity contribution in [2.75, 3.05) is 0 Å². The fourth-order valence-corrected chi connectivity index (χ4v) is 0. The summed E-state index contributed by atoms with van der Waals surface area (Å²) in [5.74, 6) is 0. The van der Waals surface area contributed by atoms with Crippen LogP contribution in [0.3, 0.4) is 0 Å². The summed E-state index contributed by atoms with van der Waals surface area (Å²) < 4.78 is 0. The van der Waals surface area contributed by atoms with E-state index in [-0.39, 0.29) is 74.5 Å². The van der Waals surface area contributed by atoms with Gasteiger partial charge < -0.3 is 0 Å². The number of hydrogen-bond acceptors (Lipinski definition) is 0. The van der Waals surface area contributed by atoms with Crippen molar-refractivity contribution < 1.29 is 67.1 Å². The summed E-state index contributed by atoms with van der Waals surface area (Å²) >= 11 is 0. The van der Waals surface area contributed by atoms with E-state index in [1.807, 2.05) is 0 Å². The van der Waals surface area contributed by atoms with Gasteiger partial charge in [-0.1, -0.05) is 7.43 Å². The van der Waals surface area contributed by atoms with Crippen LogP contribution in [0.4, 0.5) is 0 Å². The molecule has 0 heterocycles. The summed E-state index contributed by atoms with van der Waals surface area (Å²) in [6.07, 6.45) is 0. The molecule has 0 N–H and O–H groups in total. The van der Waals surface area contributed by atoms with Gasteiger partial charge in [-0.25, -0.2) is 0 Å². The van der Waals surface area contributed by atoms with Gasteiger partial charge in [-0.05, 0) is 0 Å². The molecule has 0 aromatic rings. The SMILES string of the molecule is C.[Co].[Co].[Co].[Co]. The Bertz CT molecular complexity index is 3.61. The first-order valence-electron chi connectivity index (χ1n) is 0. The maximum Gasteiger partial charge on any atom is 0 e. The van der Waals surface area contributed by atoms with Crippen LogP contribution in [0.15, 0.2) is 0 Å². The van der Waals surface area contributed by atoms with Gasteiger partial charge >= 0.3 is 0 Å². The molecule has 0 aliphatic rings. The van der Waals surface area contributed by atoms with Crippen molar-refractivity contribution in [1.82, 2.24) is 0 Å². The zero-order chi connectivity index (χ0) is 0. The first-order chi connectivity index (χ1) is 0. The molecule has 44 valence electrons. The topological polar surface area (TPSA) is 0 Å². The van der Waals surface area contributed by atoms with Gasteiger partial charge in [-0.2, -0.15) is 0 Å². The molecular formula is CH4Co4. The Balaban J connectivity index is 0. The molecular weight excluding hydrogens is 248 g/mol. The van der Waals surface area contributed by atoms with Gasteiger partial charge in [0.05, 0.1) is 0 Å². The zero-order valence-electron chi connectivity index (χ0n) is 1.33. The number of hydrogen-bond donors (Lipinski definition) is 0. The van der Waals surface area contributed by atoms with Crippen LogP contribution < -0.4 is 0 Å². The molecule has 0 aliphatic carbocycles. The summed E-state index contributed by atoms with van der Waals surface area (Å²) in [5.41, 5.74) is 0. The van der Waals surface area contributed by atoms with Gasteiger partial charge in [0.15, 0.2) is 0 Å². The van der Waals surface area contributed by atoms with Gasteiger partial charge in [0.2, 0.25) is 0 Å². The third-order valence-electron chi connectivity index (χ3n) is 0. The van der Waals surface area contributed by atoms with Crippen molar-refractivity contribution in [3.05, 3.63) is 0 Å². The third kappa shape index (κ3) is 23.8. The average Bonchev–Trinajstić information content (AvgIpc) is 0. The molecule has 0 fully saturated rings. The second-order valence-electron chi connectivity index (χ2n) is 0. The molecule has 0 aliphatic heterocycles. The predicted molar refractivity (Wildman–Crippen MR) is 6.73 cm³/mol. The van der Waals surface area contributed by atoms with E-state index >= 15 is 0 Å². The molecule has 0 unspecified atom stereocenters. The van der Waals surface area contributed by atoms with Crippen LogP contribution in [0.25, 0.3) is 0 Å². The van der Waals surface area contributed by atoms with Crippen LogP contribution >= 0.6 is 0 Å². The van der Waals surface area contributed by atoms with Gasteiger partial charge in [0.1, 0.15) is 0 Å². The third-order valence-corrected chi connectivity index (χ3v) is 0. The first kappa shape index (κ1) is 62.2. The fraction of sp³-hybridized carbons (Fsp3) is 1.00. The van der Waals surface area contributed by atoms with E-state index in [9.17, 15) is 0 Å². The Labute approximate surface area is 74.0 Å². The average molecular weight is 252 g/mol. The van der Waals surface area contributed by atoms with Crippen molar-refractivity contribution in [2.45, 2.75) is 7.43 Å². The molecule has 0 amide bonds. The Hall–Kier alpha value is 2.03. The van der Waals surface area contributed by atoms with E-state index in [1.165, 1.54) is 0 Å². The van der Waals surface area contributed by atoms with E-state index < -0.39 is 0 Å². The maximum absolute atomic E-state index is 0. The monoisotopic (exact) mass is 252 g/mol. The molecule has 0 saturated heterocycles. The van der Waals surface area contributed by atoms with E-state index in [1.54, 1.807) is 0 Å². The molecule has 0 aromatic heterocycles. The summed E-state index contributed by atoms with van der Waals surface area (Å²) in [7, 11) is 0. The summed E-state index contributed by atoms with van der Waals surface area (Å²) in [6.45, 7) is 0. The second-order valence-corrected chi connectivity index (χ2v) is 0. The van der Waals surface area contributed by atoms with Gasteiger partial charge in [0.25, 0.3) is 0 Å². The molecule has 0 atom stereocenters. The van der Waals surface area contributed by atoms with Crippen LogP contribution in [0, 0.1) is 0 Å². The first-order valence-corrected chi connectivity index (χ1v) is 0. The minimum atomic E-state index is 0. The quantitative estimate of drug-likeness (QED) is 0.593. The van der Waals surface area contributed by atoms with E-state index in [2.05, 4.69) is 0 Å². The van der Waals surface area contributed by atoms with Crippen molar-refractivity contribution in [2.24, 2.45) is 0 Å². The van der Waals surface area contributed by atoms with Crippen LogP contribution in [0.1, 0.15) is 7.43 Å². The minimum absolute atomic E-state index is 0. The predicted octanol–water partition coefficient (Wildman–Crippen LogP) is 0.626. The normalized spacial score (nSPS) is 0. The molecule has 0 spiro atoms. The molecule has 0 aromatic carbocycles. The Kier molecular flexibility index (Phi) is 461. The van der Waals surface area contributed by atoms with Crippen molar-refractivity contribution in [3.8, 4) is 0 Å². The van der Waals surface area contributed by atoms with E-state index in [0.29, 0.717) is 0 Å². The van der Waals surface area contributed by atoms with Gasteiger partial charge in [-0.15, -0.1) is 0 Å². The Morgan fingerprint density at radius 1 is 0.400 bits per heavy atom. The standard InChI is InChI=1S/CH4.4Co/h1H4;;;;. The van der Waals surface area contributed by atoms with E-state index in [0.717, 1.165) is 0 Å². The van der Waals surface area contributed by atoms with Crippen molar-refractivity contribution >= 4 is 0 Å². The van der Waals surface area contributed by atoms with Crippen LogP contribution in [-0.2, 0) is 67.1 Å². The smallest absolute Gasteiger partial charge is 0 e. The van der Waals surface area contributed by atoms with E-state index in [4.69, 9.17) is 0 Å². The maximum atomic E-state index is 0. The van der Waals surface area contributed by atoms with Crippen LogP contribution in [0.2, 0.25) is 0 Å². The zero-order valence-corrected chi connectivity index (χ0v) is 5.50. The Morgan fingerprint density at radius 3 is 0.400 bits per heavy atom. The van der Waals surface area contributed by atoms with Crippen molar-refractivity contribution in [3.63, 3.8) is 0 Å². The molecule has 0 rings (SSSR count). The van der Waals surface area contributed by atoms with Gasteiger partial charge in [-0.3, -0.25) is 0 Å². The Morgan fingerprint density at radius 2 is 0.400 bits per heavy atom. The van der Waals surface area contributed by atoms with Crippen molar-refractivity contribution in [1.29, 1.82) is 0 Å². The minimum Gasteiger partial charge on any atom is -0.0776 e.